The van der Waals surface area contributed by atoms with Crippen molar-refractivity contribution in [1.82, 2.24) is 9.78 Å². The Bertz CT molecular complexity index is 752. The molecular formula is C15H14N2O2S. The molecule has 0 N–H and O–H groups in total. The second-order valence-corrected chi connectivity index (χ2v) is 5.26. The minimum atomic E-state index is -0.0429. The van der Waals surface area contributed by atoms with Gasteiger partial charge in [-0.3, -0.25) is 9.48 Å². The van der Waals surface area contributed by atoms with Crippen LogP contribution in [0.3, 0.4) is 0 Å². The summed E-state index contributed by atoms with van der Waals surface area (Å²) < 4.78 is 8.04. The van der Waals surface area contributed by atoms with E-state index in [1.54, 1.807) is 29.3 Å². The van der Waals surface area contributed by atoms with E-state index in [0.29, 0.717) is 23.6 Å². The van der Waals surface area contributed by atoms with E-state index in [2.05, 4.69) is 5.10 Å². The number of rotatable bonds is 4. The summed E-state index contributed by atoms with van der Waals surface area (Å²) in [5, 5.41) is 7.07. The number of ketones is 1. The number of aromatic nitrogens is 2. The molecule has 4 nitrogen and oxygen atoms in total. The lowest BCUT2D eigenvalue weighted by atomic mass is 10.1. The molecule has 3 aromatic rings. The van der Waals surface area contributed by atoms with Gasteiger partial charge in [0.05, 0.1) is 13.3 Å². The molecule has 0 saturated carbocycles. The van der Waals surface area contributed by atoms with Gasteiger partial charge in [0.15, 0.2) is 11.4 Å². The Morgan fingerprint density at radius 3 is 2.95 bits per heavy atom. The van der Waals surface area contributed by atoms with Crippen LogP contribution in [0.15, 0.2) is 35.8 Å². The van der Waals surface area contributed by atoms with Gasteiger partial charge in [-0.1, -0.05) is 18.2 Å². The molecule has 3 rings (SSSR count). The molecule has 0 spiro atoms. The van der Waals surface area contributed by atoms with Crippen molar-refractivity contribution in [1.29, 1.82) is 0 Å². The molecule has 20 heavy (non-hydrogen) atoms. The first kappa shape index (κ1) is 12.9. The summed E-state index contributed by atoms with van der Waals surface area (Å²) in [6.45, 7) is 2.58. The van der Waals surface area contributed by atoms with Gasteiger partial charge in [0.1, 0.15) is 0 Å². The molecule has 0 atom stereocenters. The second kappa shape index (κ2) is 5.09. The number of carbonyl (C=O) groups is 1. The molecule has 0 aliphatic carbocycles. The van der Waals surface area contributed by atoms with Gasteiger partial charge in [-0.05, 0) is 13.0 Å². The molecular weight excluding hydrogens is 272 g/mol. The summed E-state index contributed by atoms with van der Waals surface area (Å²) in [4.78, 5) is 12.8. The quantitative estimate of drug-likeness (QED) is 0.691. The van der Waals surface area contributed by atoms with Crippen LogP contribution in [0, 0.1) is 0 Å². The number of fused-ring (bicyclic) bond motifs is 1. The van der Waals surface area contributed by atoms with Crippen LogP contribution in [-0.4, -0.2) is 22.7 Å². The number of hydrogen-bond acceptors (Lipinski definition) is 4. The third kappa shape index (κ3) is 1.91. The molecule has 0 unspecified atom stereocenters. The van der Waals surface area contributed by atoms with Crippen LogP contribution in [0.2, 0.25) is 0 Å². The molecule has 1 aromatic carbocycles. The number of nitrogens with zero attached hydrogens (tertiary/aromatic N) is 2. The van der Waals surface area contributed by atoms with Crippen molar-refractivity contribution in [3.63, 3.8) is 0 Å². The van der Waals surface area contributed by atoms with Crippen molar-refractivity contribution < 1.29 is 9.53 Å². The topological polar surface area (TPSA) is 44.1 Å². The van der Waals surface area contributed by atoms with Crippen LogP contribution in [0.5, 0.6) is 5.75 Å². The highest BCUT2D eigenvalue weighted by atomic mass is 32.1. The van der Waals surface area contributed by atoms with Crippen molar-refractivity contribution in [2.45, 2.75) is 13.5 Å². The second-order valence-electron chi connectivity index (χ2n) is 4.35. The lowest BCUT2D eigenvalue weighted by molar-refractivity contribution is 0.102. The molecule has 2 aromatic heterocycles. The van der Waals surface area contributed by atoms with Gasteiger partial charge in [0.25, 0.3) is 0 Å². The fourth-order valence-electron chi connectivity index (χ4n) is 2.27. The zero-order chi connectivity index (χ0) is 14.1. The molecule has 2 heterocycles. The zero-order valence-electron chi connectivity index (χ0n) is 11.3. The maximum atomic E-state index is 12.8. The summed E-state index contributed by atoms with van der Waals surface area (Å²) in [6, 6.07) is 7.91. The normalized spacial score (nSPS) is 10.9. The predicted molar refractivity (Wildman–Crippen MR) is 79.7 cm³/mol. The number of carbonyl (C=O) groups excluding carboxylic acids is 1. The van der Waals surface area contributed by atoms with E-state index in [-0.39, 0.29) is 5.78 Å². The Morgan fingerprint density at radius 1 is 1.40 bits per heavy atom. The Labute approximate surface area is 120 Å². The molecule has 5 heteroatoms. The van der Waals surface area contributed by atoms with E-state index in [1.165, 1.54) is 0 Å². The number of methoxy groups -OCH3 is 1. The molecule has 0 saturated heterocycles. The highest BCUT2D eigenvalue weighted by molar-refractivity contribution is 7.17. The number of thiophene rings is 1. The van der Waals surface area contributed by atoms with Gasteiger partial charge < -0.3 is 4.74 Å². The van der Waals surface area contributed by atoms with Crippen molar-refractivity contribution in [2.24, 2.45) is 0 Å². The summed E-state index contributed by atoms with van der Waals surface area (Å²) in [5.41, 5.74) is 1.22. The Kier molecular flexibility index (Phi) is 3.28. The predicted octanol–water partition coefficient (Wildman–Crippen LogP) is 3.36. The first-order chi connectivity index (χ1) is 9.76. The van der Waals surface area contributed by atoms with Gasteiger partial charge in [-0.2, -0.15) is 5.10 Å². The maximum Gasteiger partial charge on any atom is 0.216 e. The van der Waals surface area contributed by atoms with Crippen LogP contribution in [0.25, 0.3) is 10.1 Å². The number of hydrogen-bond donors (Lipinski definition) is 0. The Balaban J connectivity index is 2.15. The van der Waals surface area contributed by atoms with E-state index in [4.69, 9.17) is 4.74 Å². The standard InChI is InChI=1S/C15H14N2O2S/c1-3-17-14(12(19-2)8-16-17)15(18)11-9-20-13-7-5-4-6-10(11)13/h4-9H,3H2,1-2H3. The smallest absolute Gasteiger partial charge is 0.216 e. The van der Waals surface area contributed by atoms with Gasteiger partial charge >= 0.3 is 0 Å². The molecule has 0 aliphatic heterocycles. The molecule has 0 fully saturated rings. The molecule has 0 aliphatic rings. The van der Waals surface area contributed by atoms with Crippen LogP contribution in [-0.2, 0) is 6.54 Å². The van der Waals surface area contributed by atoms with Crippen LogP contribution in [0.4, 0.5) is 0 Å². The lowest BCUT2D eigenvalue weighted by Gasteiger charge is -2.05. The van der Waals surface area contributed by atoms with Gasteiger partial charge in [0.2, 0.25) is 5.78 Å². The van der Waals surface area contributed by atoms with Crippen molar-refractivity contribution in [3.8, 4) is 5.75 Å². The summed E-state index contributed by atoms with van der Waals surface area (Å²) in [7, 11) is 1.56. The van der Waals surface area contributed by atoms with E-state index in [9.17, 15) is 4.79 Å². The molecule has 102 valence electrons. The lowest BCUT2D eigenvalue weighted by Crippen LogP contribution is -2.11. The first-order valence-corrected chi connectivity index (χ1v) is 7.25. The summed E-state index contributed by atoms with van der Waals surface area (Å²) in [6.07, 6.45) is 1.59. The average molecular weight is 286 g/mol. The summed E-state index contributed by atoms with van der Waals surface area (Å²) >= 11 is 1.58. The number of benzene rings is 1. The average Bonchev–Trinajstić information content (AvgIpc) is 3.10. The Morgan fingerprint density at radius 2 is 2.20 bits per heavy atom. The minimum Gasteiger partial charge on any atom is -0.493 e. The van der Waals surface area contributed by atoms with E-state index < -0.39 is 0 Å². The van der Waals surface area contributed by atoms with Gasteiger partial charge in [0, 0.05) is 27.6 Å². The fraction of sp³-hybridized carbons (Fsp3) is 0.200. The van der Waals surface area contributed by atoms with Crippen molar-refractivity contribution in [3.05, 3.63) is 47.1 Å². The number of aryl methyl sites for hydroxylation is 1. The third-order valence-corrected chi connectivity index (χ3v) is 4.23. The largest absolute Gasteiger partial charge is 0.493 e. The van der Waals surface area contributed by atoms with Crippen LogP contribution in [0.1, 0.15) is 23.0 Å². The molecule has 0 amide bonds. The highest BCUT2D eigenvalue weighted by Gasteiger charge is 2.22. The van der Waals surface area contributed by atoms with E-state index in [1.807, 2.05) is 36.6 Å². The zero-order valence-corrected chi connectivity index (χ0v) is 12.1. The van der Waals surface area contributed by atoms with Crippen molar-refractivity contribution in [2.75, 3.05) is 7.11 Å². The van der Waals surface area contributed by atoms with Gasteiger partial charge in [-0.15, -0.1) is 11.3 Å². The SMILES string of the molecule is CCn1ncc(OC)c1C(=O)c1csc2ccccc12. The summed E-state index contributed by atoms with van der Waals surface area (Å²) in [5.74, 6) is 0.478. The monoisotopic (exact) mass is 286 g/mol. The Hall–Kier alpha value is -2.14. The van der Waals surface area contributed by atoms with E-state index >= 15 is 0 Å². The molecule has 0 radical (unpaired) electrons. The highest BCUT2D eigenvalue weighted by Crippen LogP contribution is 2.30. The third-order valence-electron chi connectivity index (χ3n) is 3.27. The van der Waals surface area contributed by atoms with E-state index in [0.717, 1.165) is 10.1 Å². The number of ether oxygens (including phenoxy) is 1. The minimum absolute atomic E-state index is 0.0429. The maximum absolute atomic E-state index is 12.8. The van der Waals surface area contributed by atoms with Crippen LogP contribution < -0.4 is 4.74 Å². The van der Waals surface area contributed by atoms with Crippen LogP contribution >= 0.6 is 11.3 Å². The first-order valence-electron chi connectivity index (χ1n) is 6.37. The molecule has 0 bridgehead atoms. The fourth-order valence-corrected chi connectivity index (χ4v) is 3.21. The van der Waals surface area contributed by atoms with Gasteiger partial charge in [-0.25, -0.2) is 0 Å². The van der Waals surface area contributed by atoms with Crippen molar-refractivity contribution >= 4 is 27.2 Å².